The van der Waals surface area contributed by atoms with Gasteiger partial charge >= 0.3 is 12.1 Å². The molecule has 1 aliphatic rings. The van der Waals surface area contributed by atoms with Gasteiger partial charge in [0.1, 0.15) is 0 Å². The van der Waals surface area contributed by atoms with Crippen LogP contribution in [-0.4, -0.2) is 49.8 Å². The lowest BCUT2D eigenvalue weighted by atomic mass is 9.91. The summed E-state index contributed by atoms with van der Waals surface area (Å²) in [6, 6.07) is 10.6. The number of hydrogen-bond donors (Lipinski definition) is 3. The predicted octanol–water partition coefficient (Wildman–Crippen LogP) is 4.24. The minimum absolute atomic E-state index is 0.173. The largest absolute Gasteiger partial charge is 0.493 e. The summed E-state index contributed by atoms with van der Waals surface area (Å²) in [5.41, 5.74) is 3.44. The second-order valence-corrected chi connectivity index (χ2v) is 9.25. The Morgan fingerprint density at radius 1 is 1.06 bits per heavy atom. The molecule has 0 saturated carbocycles. The van der Waals surface area contributed by atoms with E-state index in [4.69, 9.17) is 9.47 Å². The van der Waals surface area contributed by atoms with E-state index in [1.165, 1.54) is 0 Å². The molecule has 1 unspecified atom stereocenters. The zero-order valence-electron chi connectivity index (χ0n) is 20.2. The Labute approximate surface area is 195 Å². The van der Waals surface area contributed by atoms with Crippen LogP contribution in [0.3, 0.4) is 0 Å². The maximum absolute atomic E-state index is 13.1. The van der Waals surface area contributed by atoms with Crippen LogP contribution in [0.25, 0.3) is 0 Å². The molecule has 3 rings (SSSR count). The van der Waals surface area contributed by atoms with Crippen LogP contribution in [0.2, 0.25) is 0 Å². The van der Waals surface area contributed by atoms with Gasteiger partial charge in [-0.25, -0.2) is 9.59 Å². The fourth-order valence-electron chi connectivity index (χ4n) is 3.89. The molecule has 1 aliphatic heterocycles. The fraction of sp³-hybridized carbons (Fsp3) is 0.440. The van der Waals surface area contributed by atoms with Crippen molar-refractivity contribution in [3.05, 3.63) is 53.1 Å². The average Bonchev–Trinajstić information content (AvgIpc) is 2.76. The van der Waals surface area contributed by atoms with E-state index in [-0.39, 0.29) is 30.2 Å². The Hall–Kier alpha value is -3.42. The first kappa shape index (κ1) is 24.2. The van der Waals surface area contributed by atoms with Crippen molar-refractivity contribution in [2.24, 2.45) is 0 Å². The number of methoxy groups -OCH3 is 2. The highest BCUT2D eigenvalue weighted by molar-refractivity contribution is 5.89. The number of fused-ring (bicyclic) bond motifs is 1. The molecular formula is C25H34N4O4. The van der Waals surface area contributed by atoms with Crippen molar-refractivity contribution in [1.82, 2.24) is 15.5 Å². The molecular weight excluding hydrogens is 420 g/mol. The van der Waals surface area contributed by atoms with Crippen LogP contribution in [0.5, 0.6) is 11.5 Å². The molecule has 178 valence electrons. The number of urea groups is 2. The summed E-state index contributed by atoms with van der Waals surface area (Å²) in [6.07, 6.45) is 0.680. The van der Waals surface area contributed by atoms with Crippen molar-refractivity contribution in [3.63, 3.8) is 0 Å². The lowest BCUT2D eigenvalue weighted by molar-refractivity contribution is 0.159. The van der Waals surface area contributed by atoms with Crippen LogP contribution in [0, 0.1) is 6.92 Å². The lowest BCUT2D eigenvalue weighted by Crippen LogP contribution is -2.53. The summed E-state index contributed by atoms with van der Waals surface area (Å²) in [5, 5.41) is 8.80. The van der Waals surface area contributed by atoms with Crippen LogP contribution in [0.4, 0.5) is 15.3 Å². The first-order chi connectivity index (χ1) is 15.6. The Kier molecular flexibility index (Phi) is 7.36. The minimum atomic E-state index is -0.379. The van der Waals surface area contributed by atoms with Gasteiger partial charge in [-0.3, -0.25) is 0 Å². The zero-order valence-corrected chi connectivity index (χ0v) is 20.2. The summed E-state index contributed by atoms with van der Waals surface area (Å²) in [6.45, 7) is 8.59. The molecule has 0 aromatic heterocycles. The third-order valence-corrected chi connectivity index (χ3v) is 5.51. The zero-order chi connectivity index (χ0) is 24.2. The van der Waals surface area contributed by atoms with Crippen LogP contribution >= 0.6 is 0 Å². The van der Waals surface area contributed by atoms with Gasteiger partial charge in [-0.15, -0.1) is 0 Å². The number of carbonyl (C=O) groups excluding carboxylic acids is 2. The monoisotopic (exact) mass is 454 g/mol. The van der Waals surface area contributed by atoms with Gasteiger partial charge in [0.25, 0.3) is 0 Å². The molecule has 0 bridgehead atoms. The first-order valence-electron chi connectivity index (χ1n) is 11.1. The number of carbonyl (C=O) groups is 2. The molecule has 8 heteroatoms. The van der Waals surface area contributed by atoms with E-state index in [2.05, 4.69) is 16.0 Å². The molecule has 0 aliphatic carbocycles. The van der Waals surface area contributed by atoms with Crippen LogP contribution in [0.1, 0.15) is 43.5 Å². The molecule has 3 N–H and O–H groups in total. The number of benzene rings is 2. The smallest absolute Gasteiger partial charge is 0.319 e. The van der Waals surface area contributed by atoms with Crippen molar-refractivity contribution in [2.75, 3.05) is 32.6 Å². The molecule has 1 atom stereocenters. The second-order valence-electron chi connectivity index (χ2n) is 9.25. The van der Waals surface area contributed by atoms with Gasteiger partial charge in [-0.05, 0) is 69.5 Å². The van der Waals surface area contributed by atoms with Crippen molar-refractivity contribution in [1.29, 1.82) is 0 Å². The van der Waals surface area contributed by atoms with Crippen LogP contribution < -0.4 is 25.4 Å². The maximum Gasteiger partial charge on any atom is 0.319 e. The van der Waals surface area contributed by atoms with Crippen LogP contribution in [0.15, 0.2) is 36.4 Å². The number of anilines is 1. The molecule has 1 heterocycles. The van der Waals surface area contributed by atoms with Gasteiger partial charge in [0.2, 0.25) is 0 Å². The summed E-state index contributed by atoms with van der Waals surface area (Å²) in [5.74, 6) is 1.23. The third kappa shape index (κ3) is 6.09. The Balaban J connectivity index is 1.84. The van der Waals surface area contributed by atoms with E-state index in [0.717, 1.165) is 16.7 Å². The van der Waals surface area contributed by atoms with Crippen LogP contribution in [-0.2, 0) is 6.42 Å². The van der Waals surface area contributed by atoms with E-state index in [9.17, 15) is 9.59 Å². The third-order valence-electron chi connectivity index (χ3n) is 5.51. The van der Waals surface area contributed by atoms with E-state index in [1.807, 2.05) is 64.1 Å². The van der Waals surface area contributed by atoms with Crippen molar-refractivity contribution in [2.45, 2.75) is 45.7 Å². The highest BCUT2D eigenvalue weighted by Crippen LogP contribution is 2.38. The van der Waals surface area contributed by atoms with Gasteiger partial charge < -0.3 is 30.3 Å². The highest BCUT2D eigenvalue weighted by atomic mass is 16.5. The average molecular weight is 455 g/mol. The summed E-state index contributed by atoms with van der Waals surface area (Å²) >= 11 is 0. The van der Waals surface area contributed by atoms with E-state index in [0.29, 0.717) is 30.2 Å². The van der Waals surface area contributed by atoms with Gasteiger partial charge in [0.15, 0.2) is 11.5 Å². The lowest BCUT2D eigenvalue weighted by Gasteiger charge is -2.39. The summed E-state index contributed by atoms with van der Waals surface area (Å²) in [7, 11) is 3.18. The van der Waals surface area contributed by atoms with Gasteiger partial charge in [0.05, 0.1) is 20.3 Å². The number of amides is 4. The second kappa shape index (κ2) is 10.0. The van der Waals surface area contributed by atoms with Crippen molar-refractivity contribution >= 4 is 17.7 Å². The number of ether oxygens (including phenoxy) is 2. The SMILES string of the molecule is COc1cc2c(cc1OC)C(CNC(=O)Nc1ccc(C)cc1)N(C(=O)NC(C)(C)C)CC2. The van der Waals surface area contributed by atoms with Gasteiger partial charge in [-0.2, -0.15) is 0 Å². The van der Waals surface area contributed by atoms with E-state index < -0.39 is 0 Å². The summed E-state index contributed by atoms with van der Waals surface area (Å²) < 4.78 is 11.0. The molecule has 2 aromatic rings. The van der Waals surface area contributed by atoms with Gasteiger partial charge in [0, 0.05) is 24.3 Å². The molecule has 8 nitrogen and oxygen atoms in total. The summed E-state index contributed by atoms with van der Waals surface area (Å²) in [4.78, 5) is 27.5. The number of rotatable bonds is 5. The number of hydrogen-bond acceptors (Lipinski definition) is 4. The first-order valence-corrected chi connectivity index (χ1v) is 11.1. The van der Waals surface area contributed by atoms with Crippen molar-refractivity contribution < 1.29 is 19.1 Å². The minimum Gasteiger partial charge on any atom is -0.493 e. The topological polar surface area (TPSA) is 91.9 Å². The molecule has 0 fully saturated rings. The van der Waals surface area contributed by atoms with Gasteiger partial charge in [-0.1, -0.05) is 17.7 Å². The fourth-order valence-corrected chi connectivity index (χ4v) is 3.89. The molecule has 33 heavy (non-hydrogen) atoms. The molecule has 2 aromatic carbocycles. The van der Waals surface area contributed by atoms with E-state index >= 15 is 0 Å². The predicted molar refractivity (Wildman–Crippen MR) is 129 cm³/mol. The molecule has 0 spiro atoms. The normalized spacial score (nSPS) is 15.3. The van der Waals surface area contributed by atoms with Crippen molar-refractivity contribution in [3.8, 4) is 11.5 Å². The Morgan fingerprint density at radius 3 is 2.30 bits per heavy atom. The Morgan fingerprint density at radius 2 is 1.70 bits per heavy atom. The number of nitrogens with one attached hydrogen (secondary N) is 3. The molecule has 0 saturated heterocycles. The molecule has 0 radical (unpaired) electrons. The number of nitrogens with zero attached hydrogens (tertiary/aromatic N) is 1. The maximum atomic E-state index is 13.1. The number of aryl methyl sites for hydroxylation is 1. The quantitative estimate of drug-likeness (QED) is 0.630. The van der Waals surface area contributed by atoms with E-state index in [1.54, 1.807) is 19.1 Å². The standard InChI is InChI=1S/C25H34N4O4/c1-16-7-9-18(10-8-16)27-23(30)26-15-20-19-14-22(33-6)21(32-5)13-17(19)11-12-29(20)24(31)28-25(2,3)4/h7-10,13-14,20H,11-12,15H2,1-6H3,(H,28,31)(H2,26,27,30). The highest BCUT2D eigenvalue weighted by Gasteiger charge is 2.33. The Bertz CT molecular complexity index is 999. The molecule has 4 amide bonds.